The highest BCUT2D eigenvalue weighted by Gasteiger charge is 2.20. The van der Waals surface area contributed by atoms with Crippen molar-refractivity contribution in [3.8, 4) is 0 Å². The van der Waals surface area contributed by atoms with Crippen LogP contribution in [0.5, 0.6) is 0 Å². The van der Waals surface area contributed by atoms with E-state index in [-0.39, 0.29) is 12.1 Å². The lowest BCUT2D eigenvalue weighted by Crippen LogP contribution is -2.36. The number of benzene rings is 1. The SMILES string of the molecule is CC1N=CNN1c1ccc(/C(=C\C2CCSCC2)C(=O)Nc2nccs2)cc1. The molecule has 0 radical (unpaired) electrons. The van der Waals surface area contributed by atoms with E-state index in [0.29, 0.717) is 11.0 Å². The van der Waals surface area contributed by atoms with Crippen LogP contribution in [0.15, 0.2) is 46.9 Å². The van der Waals surface area contributed by atoms with Gasteiger partial charge in [0.1, 0.15) is 12.5 Å². The number of aliphatic imine (C=N–C) groups is 1. The number of hydrogen-bond acceptors (Lipinski definition) is 7. The molecule has 1 amide bonds. The van der Waals surface area contributed by atoms with Gasteiger partial charge in [-0.1, -0.05) is 18.2 Å². The van der Waals surface area contributed by atoms with Gasteiger partial charge in [-0.2, -0.15) is 11.8 Å². The van der Waals surface area contributed by atoms with E-state index in [2.05, 4.69) is 26.8 Å². The summed E-state index contributed by atoms with van der Waals surface area (Å²) < 4.78 is 0. The van der Waals surface area contributed by atoms with Crippen LogP contribution in [0.4, 0.5) is 10.8 Å². The molecule has 1 fully saturated rings. The number of nitrogens with one attached hydrogen (secondary N) is 2. The normalized spacial score (nSPS) is 20.2. The number of nitrogens with zero attached hydrogens (tertiary/aromatic N) is 3. The summed E-state index contributed by atoms with van der Waals surface area (Å²) in [5.41, 5.74) is 5.78. The molecule has 3 heterocycles. The van der Waals surface area contributed by atoms with Gasteiger partial charge in [-0.25, -0.2) is 9.98 Å². The Kier molecular flexibility index (Phi) is 5.97. The molecule has 1 atom stereocenters. The third-order valence-electron chi connectivity index (χ3n) is 4.88. The molecule has 0 bridgehead atoms. The van der Waals surface area contributed by atoms with Gasteiger partial charge < -0.3 is 0 Å². The maximum absolute atomic E-state index is 13.0. The molecule has 1 aromatic heterocycles. The minimum atomic E-state index is -0.100. The highest BCUT2D eigenvalue weighted by Crippen LogP contribution is 2.29. The highest BCUT2D eigenvalue weighted by atomic mass is 32.2. The first-order chi connectivity index (χ1) is 13.7. The van der Waals surface area contributed by atoms with Crippen molar-refractivity contribution in [2.45, 2.75) is 25.9 Å². The smallest absolute Gasteiger partial charge is 0.257 e. The number of hydrogen-bond donors (Lipinski definition) is 2. The van der Waals surface area contributed by atoms with Crippen molar-refractivity contribution in [2.24, 2.45) is 10.9 Å². The molecule has 0 saturated carbocycles. The van der Waals surface area contributed by atoms with Crippen LogP contribution in [0.1, 0.15) is 25.3 Å². The lowest BCUT2D eigenvalue weighted by molar-refractivity contribution is -0.111. The van der Waals surface area contributed by atoms with Gasteiger partial charge in [0.05, 0.1) is 5.69 Å². The van der Waals surface area contributed by atoms with E-state index in [1.165, 1.54) is 11.3 Å². The second kappa shape index (κ2) is 8.79. The Hall–Kier alpha value is -2.32. The summed E-state index contributed by atoms with van der Waals surface area (Å²) in [5, 5.41) is 7.41. The maximum atomic E-state index is 13.0. The van der Waals surface area contributed by atoms with E-state index in [1.54, 1.807) is 12.5 Å². The molecule has 1 aromatic carbocycles. The number of carbonyl (C=O) groups excluding carboxylic acids is 1. The Morgan fingerprint density at radius 1 is 1.29 bits per heavy atom. The Morgan fingerprint density at radius 2 is 2.07 bits per heavy atom. The number of amides is 1. The first kappa shape index (κ1) is 19.0. The number of anilines is 2. The zero-order valence-corrected chi connectivity index (χ0v) is 17.3. The van der Waals surface area contributed by atoms with Gasteiger partial charge in [0.2, 0.25) is 0 Å². The van der Waals surface area contributed by atoms with Crippen molar-refractivity contribution in [3.63, 3.8) is 0 Å². The molecule has 2 aliphatic heterocycles. The molecule has 0 spiro atoms. The second-order valence-corrected chi connectivity index (χ2v) is 8.90. The summed E-state index contributed by atoms with van der Waals surface area (Å²) in [7, 11) is 0. The van der Waals surface area contributed by atoms with Crippen LogP contribution in [-0.2, 0) is 4.79 Å². The molecule has 1 saturated heterocycles. The topological polar surface area (TPSA) is 69.6 Å². The van der Waals surface area contributed by atoms with Gasteiger partial charge in [0, 0.05) is 17.2 Å². The zero-order chi connectivity index (χ0) is 19.3. The van der Waals surface area contributed by atoms with Crippen LogP contribution in [0.25, 0.3) is 5.57 Å². The van der Waals surface area contributed by atoms with Gasteiger partial charge in [-0.3, -0.25) is 20.5 Å². The third kappa shape index (κ3) is 4.39. The van der Waals surface area contributed by atoms with Crippen molar-refractivity contribution in [1.82, 2.24) is 10.4 Å². The third-order valence-corrected chi connectivity index (χ3v) is 6.62. The molecular formula is C20H23N5OS2. The fourth-order valence-electron chi connectivity index (χ4n) is 3.34. The summed E-state index contributed by atoms with van der Waals surface area (Å²) in [6.45, 7) is 2.03. The molecule has 2 aromatic rings. The number of thiazole rings is 1. The number of carbonyl (C=O) groups is 1. The van der Waals surface area contributed by atoms with Crippen LogP contribution in [-0.4, -0.2) is 34.9 Å². The second-order valence-electron chi connectivity index (χ2n) is 6.78. The molecule has 2 aliphatic rings. The van der Waals surface area contributed by atoms with Crippen molar-refractivity contribution in [2.75, 3.05) is 21.8 Å². The van der Waals surface area contributed by atoms with E-state index in [0.717, 1.165) is 41.2 Å². The lowest BCUT2D eigenvalue weighted by Gasteiger charge is -2.23. The van der Waals surface area contributed by atoms with Gasteiger partial charge in [-0.05, 0) is 54.9 Å². The van der Waals surface area contributed by atoms with Gasteiger partial charge in [0.15, 0.2) is 5.13 Å². The number of allylic oxidation sites excluding steroid dienone is 1. The van der Waals surface area contributed by atoms with Crippen molar-refractivity contribution >= 4 is 51.7 Å². The molecule has 0 aliphatic carbocycles. The Balaban J connectivity index is 1.58. The molecule has 1 unspecified atom stereocenters. The van der Waals surface area contributed by atoms with Crippen LogP contribution >= 0.6 is 23.1 Å². The summed E-state index contributed by atoms with van der Waals surface area (Å²) in [5.74, 6) is 2.64. The summed E-state index contributed by atoms with van der Waals surface area (Å²) in [6, 6.07) is 8.06. The van der Waals surface area contributed by atoms with Crippen LogP contribution in [0, 0.1) is 5.92 Å². The summed E-state index contributed by atoms with van der Waals surface area (Å²) in [4.78, 5) is 21.5. The molecule has 28 heavy (non-hydrogen) atoms. The average molecular weight is 414 g/mol. The van der Waals surface area contributed by atoms with Crippen molar-refractivity contribution in [3.05, 3.63) is 47.5 Å². The molecular weight excluding hydrogens is 390 g/mol. The number of rotatable bonds is 5. The Bertz CT molecular complexity index is 857. The van der Waals surface area contributed by atoms with Gasteiger partial charge >= 0.3 is 0 Å². The molecule has 8 heteroatoms. The first-order valence-electron chi connectivity index (χ1n) is 9.38. The minimum Gasteiger partial charge on any atom is -0.298 e. The summed E-state index contributed by atoms with van der Waals surface area (Å²) in [6.07, 6.45) is 7.83. The molecule has 4 rings (SSSR count). The van der Waals surface area contributed by atoms with Gasteiger partial charge in [-0.15, -0.1) is 11.3 Å². The van der Waals surface area contributed by atoms with E-state index in [4.69, 9.17) is 0 Å². The standard InChI is InChI=1S/C20H23N5OS2/c1-14-22-13-23-25(14)17-4-2-16(3-5-17)18(12-15-6-9-27-10-7-15)19(26)24-20-21-8-11-28-20/h2-5,8,11-15H,6-7,9-10H2,1H3,(H,22,23)(H,21,24,26)/b18-12+. The van der Waals surface area contributed by atoms with Crippen molar-refractivity contribution < 1.29 is 4.79 Å². The van der Waals surface area contributed by atoms with Gasteiger partial charge in [0.25, 0.3) is 5.91 Å². The number of hydrazine groups is 1. The van der Waals surface area contributed by atoms with Crippen molar-refractivity contribution in [1.29, 1.82) is 0 Å². The monoisotopic (exact) mass is 413 g/mol. The Morgan fingerprint density at radius 3 is 2.71 bits per heavy atom. The number of aromatic nitrogens is 1. The largest absolute Gasteiger partial charge is 0.298 e. The summed E-state index contributed by atoms with van der Waals surface area (Å²) >= 11 is 3.41. The van der Waals surface area contributed by atoms with E-state index >= 15 is 0 Å². The number of thioether (sulfide) groups is 1. The van der Waals surface area contributed by atoms with Crippen LogP contribution in [0.2, 0.25) is 0 Å². The fraction of sp³-hybridized carbons (Fsp3) is 0.350. The van der Waals surface area contributed by atoms with Crippen LogP contribution < -0.4 is 15.8 Å². The highest BCUT2D eigenvalue weighted by molar-refractivity contribution is 7.99. The zero-order valence-electron chi connectivity index (χ0n) is 15.7. The maximum Gasteiger partial charge on any atom is 0.257 e. The fourth-order valence-corrected chi connectivity index (χ4v) is 5.01. The molecule has 6 nitrogen and oxygen atoms in total. The van der Waals surface area contributed by atoms with Crippen LogP contribution in [0.3, 0.4) is 0 Å². The predicted octanol–water partition coefficient (Wildman–Crippen LogP) is 4.01. The quantitative estimate of drug-likeness (QED) is 0.725. The van der Waals surface area contributed by atoms with E-state index in [1.807, 2.05) is 53.3 Å². The minimum absolute atomic E-state index is 0.0498. The molecule has 2 N–H and O–H groups in total. The van der Waals surface area contributed by atoms with E-state index < -0.39 is 0 Å². The Labute approximate surface area is 173 Å². The predicted molar refractivity (Wildman–Crippen MR) is 119 cm³/mol. The lowest BCUT2D eigenvalue weighted by atomic mass is 9.95. The molecule has 146 valence electrons. The first-order valence-corrected chi connectivity index (χ1v) is 11.4. The average Bonchev–Trinajstić information content (AvgIpc) is 3.39. The van der Waals surface area contributed by atoms with E-state index in [9.17, 15) is 4.79 Å².